The molecule has 28 heavy (non-hydrogen) atoms. The summed E-state index contributed by atoms with van der Waals surface area (Å²) in [5, 5.41) is 19.3. The molecule has 0 amide bonds. The SMILES string of the molecule is Oc1ccc(OCC2C3CCCOC3CC(=S)N2Cc2cccc(O)c2)cc1. The quantitative estimate of drug-likeness (QED) is 0.744. The Balaban J connectivity index is 1.55. The van der Waals surface area contributed by atoms with Crippen molar-refractivity contribution in [3.63, 3.8) is 0 Å². The molecule has 0 radical (unpaired) electrons. The lowest BCUT2D eigenvalue weighted by atomic mass is 9.81. The smallest absolute Gasteiger partial charge is 0.119 e. The fourth-order valence-corrected chi connectivity index (χ4v) is 4.58. The first-order valence-electron chi connectivity index (χ1n) is 9.71. The maximum atomic E-state index is 9.82. The highest BCUT2D eigenvalue weighted by Crippen LogP contribution is 2.36. The molecule has 2 aliphatic rings. The lowest BCUT2D eigenvalue weighted by Crippen LogP contribution is -2.57. The van der Waals surface area contributed by atoms with Gasteiger partial charge < -0.3 is 24.6 Å². The number of phenolic OH excluding ortho intramolecular Hbond substituents is 2. The van der Waals surface area contributed by atoms with Crippen molar-refractivity contribution in [2.24, 2.45) is 5.92 Å². The van der Waals surface area contributed by atoms with E-state index in [1.165, 1.54) is 0 Å². The largest absolute Gasteiger partial charge is 0.508 e. The minimum atomic E-state index is 0.0997. The van der Waals surface area contributed by atoms with Gasteiger partial charge in [-0.1, -0.05) is 24.4 Å². The topological polar surface area (TPSA) is 62.2 Å². The molecule has 5 nitrogen and oxygen atoms in total. The Hall–Kier alpha value is -2.31. The van der Waals surface area contributed by atoms with E-state index in [1.807, 2.05) is 12.1 Å². The molecule has 3 atom stereocenters. The van der Waals surface area contributed by atoms with E-state index in [1.54, 1.807) is 36.4 Å². The molecule has 4 rings (SSSR count). The Labute approximate surface area is 170 Å². The second-order valence-electron chi connectivity index (χ2n) is 7.48. The molecule has 0 bridgehead atoms. The fourth-order valence-electron chi connectivity index (χ4n) is 4.21. The number of thiocarbonyl (C=S) groups is 1. The molecule has 3 unspecified atom stereocenters. The zero-order valence-corrected chi connectivity index (χ0v) is 16.5. The van der Waals surface area contributed by atoms with Gasteiger partial charge >= 0.3 is 0 Å². The number of ether oxygens (including phenoxy) is 2. The third-order valence-corrected chi connectivity index (χ3v) is 6.00. The second-order valence-corrected chi connectivity index (χ2v) is 7.95. The van der Waals surface area contributed by atoms with Crippen molar-refractivity contribution in [3.8, 4) is 17.2 Å². The monoisotopic (exact) mass is 399 g/mol. The molecule has 0 aliphatic carbocycles. The maximum Gasteiger partial charge on any atom is 0.119 e. The summed E-state index contributed by atoms with van der Waals surface area (Å²) >= 11 is 5.75. The lowest BCUT2D eigenvalue weighted by molar-refractivity contribution is -0.0670. The van der Waals surface area contributed by atoms with Crippen molar-refractivity contribution in [1.29, 1.82) is 0 Å². The van der Waals surface area contributed by atoms with E-state index in [-0.39, 0.29) is 23.6 Å². The van der Waals surface area contributed by atoms with E-state index in [0.29, 0.717) is 19.1 Å². The van der Waals surface area contributed by atoms with Crippen molar-refractivity contribution < 1.29 is 19.7 Å². The van der Waals surface area contributed by atoms with Crippen LogP contribution in [0.1, 0.15) is 24.8 Å². The summed E-state index contributed by atoms with van der Waals surface area (Å²) in [6, 6.07) is 14.2. The maximum absolute atomic E-state index is 9.82. The molecule has 148 valence electrons. The number of nitrogens with zero attached hydrogens (tertiary/aromatic N) is 1. The highest BCUT2D eigenvalue weighted by atomic mass is 32.1. The molecular formula is C22H25NO4S. The molecule has 0 aromatic heterocycles. The van der Waals surface area contributed by atoms with Crippen LogP contribution >= 0.6 is 12.2 Å². The minimum Gasteiger partial charge on any atom is -0.508 e. The number of rotatable bonds is 5. The first kappa shape index (κ1) is 19.0. The van der Waals surface area contributed by atoms with Crippen molar-refractivity contribution in [1.82, 2.24) is 4.90 Å². The molecule has 2 saturated heterocycles. The molecule has 2 aromatic carbocycles. The van der Waals surface area contributed by atoms with Crippen LogP contribution in [0.15, 0.2) is 48.5 Å². The normalized spacial score (nSPS) is 24.6. The van der Waals surface area contributed by atoms with Crippen LogP contribution in [0.5, 0.6) is 17.2 Å². The highest BCUT2D eigenvalue weighted by Gasteiger charge is 2.42. The number of hydrogen-bond donors (Lipinski definition) is 2. The Morgan fingerprint density at radius 1 is 1.11 bits per heavy atom. The number of hydrogen-bond acceptors (Lipinski definition) is 5. The molecule has 2 N–H and O–H groups in total. The summed E-state index contributed by atoms with van der Waals surface area (Å²) in [6.45, 7) is 1.93. The van der Waals surface area contributed by atoms with Gasteiger partial charge in [0.2, 0.25) is 0 Å². The molecule has 6 heteroatoms. The standard InChI is InChI=1S/C22H25NO4S/c24-16-6-8-18(9-7-16)27-14-20-19-5-2-10-26-21(19)12-22(28)23(20)13-15-3-1-4-17(25)11-15/h1,3-4,6-9,11,19-21,24-25H,2,5,10,12-14H2. The molecule has 2 aromatic rings. The number of piperidine rings is 1. The van der Waals surface area contributed by atoms with Gasteiger partial charge in [0.05, 0.1) is 17.1 Å². The number of fused-ring (bicyclic) bond motifs is 1. The van der Waals surface area contributed by atoms with Crippen LogP contribution in [0.4, 0.5) is 0 Å². The molecule has 0 spiro atoms. The van der Waals surface area contributed by atoms with Gasteiger partial charge in [-0.2, -0.15) is 0 Å². The van der Waals surface area contributed by atoms with Crippen LogP contribution in [-0.2, 0) is 11.3 Å². The van der Waals surface area contributed by atoms with Crippen LogP contribution in [0.25, 0.3) is 0 Å². The second kappa shape index (κ2) is 8.37. The predicted molar refractivity (Wildman–Crippen MR) is 111 cm³/mol. The predicted octanol–water partition coefficient (Wildman–Crippen LogP) is 3.87. The van der Waals surface area contributed by atoms with E-state index in [0.717, 1.165) is 42.2 Å². The summed E-state index contributed by atoms with van der Waals surface area (Å²) in [5.74, 6) is 1.56. The van der Waals surface area contributed by atoms with E-state index in [4.69, 9.17) is 21.7 Å². The average Bonchev–Trinajstić information content (AvgIpc) is 2.69. The summed E-state index contributed by atoms with van der Waals surface area (Å²) < 4.78 is 12.1. The number of aromatic hydroxyl groups is 2. The van der Waals surface area contributed by atoms with Gasteiger partial charge in [-0.25, -0.2) is 0 Å². The van der Waals surface area contributed by atoms with Crippen LogP contribution in [0, 0.1) is 5.92 Å². The molecule has 2 heterocycles. The molecular weight excluding hydrogens is 374 g/mol. The van der Waals surface area contributed by atoms with Crippen LogP contribution in [0.2, 0.25) is 0 Å². The van der Waals surface area contributed by atoms with Gasteiger partial charge in [-0.05, 0) is 54.8 Å². The number of phenols is 2. The van der Waals surface area contributed by atoms with E-state index < -0.39 is 0 Å². The zero-order valence-electron chi connectivity index (χ0n) is 15.7. The average molecular weight is 400 g/mol. The Kier molecular flexibility index (Phi) is 5.69. The van der Waals surface area contributed by atoms with Gasteiger partial charge in [0, 0.05) is 25.5 Å². The fraction of sp³-hybridized carbons (Fsp3) is 0.409. The summed E-state index contributed by atoms with van der Waals surface area (Å²) in [7, 11) is 0. The van der Waals surface area contributed by atoms with Gasteiger partial charge in [0.1, 0.15) is 23.9 Å². The first-order chi connectivity index (χ1) is 13.6. The van der Waals surface area contributed by atoms with Crippen molar-refractivity contribution >= 4 is 17.2 Å². The minimum absolute atomic E-state index is 0.0997. The first-order valence-corrected chi connectivity index (χ1v) is 10.1. The van der Waals surface area contributed by atoms with Crippen LogP contribution < -0.4 is 4.74 Å². The Bertz CT molecular complexity index is 826. The Morgan fingerprint density at radius 3 is 2.71 bits per heavy atom. The Morgan fingerprint density at radius 2 is 1.93 bits per heavy atom. The molecule has 0 saturated carbocycles. The summed E-state index contributed by atoms with van der Waals surface area (Å²) in [6.07, 6.45) is 3.04. The van der Waals surface area contributed by atoms with E-state index in [9.17, 15) is 10.2 Å². The zero-order chi connectivity index (χ0) is 19.5. The summed E-state index contributed by atoms with van der Waals surface area (Å²) in [5.41, 5.74) is 1.02. The number of likely N-dealkylation sites (tertiary alicyclic amines) is 1. The van der Waals surface area contributed by atoms with Gasteiger partial charge in [-0.15, -0.1) is 0 Å². The molecule has 2 fully saturated rings. The third kappa shape index (κ3) is 4.23. The van der Waals surface area contributed by atoms with E-state index in [2.05, 4.69) is 4.90 Å². The third-order valence-electron chi connectivity index (χ3n) is 5.60. The lowest BCUT2D eigenvalue weighted by Gasteiger charge is -2.48. The number of benzene rings is 2. The molecule has 2 aliphatic heterocycles. The summed E-state index contributed by atoms with van der Waals surface area (Å²) in [4.78, 5) is 3.12. The van der Waals surface area contributed by atoms with Crippen molar-refractivity contribution in [3.05, 3.63) is 54.1 Å². The van der Waals surface area contributed by atoms with Crippen LogP contribution in [0.3, 0.4) is 0 Å². The van der Waals surface area contributed by atoms with E-state index >= 15 is 0 Å². The van der Waals surface area contributed by atoms with Crippen LogP contribution in [-0.4, -0.2) is 45.5 Å². The van der Waals surface area contributed by atoms with Gasteiger partial charge in [-0.3, -0.25) is 0 Å². The van der Waals surface area contributed by atoms with Crippen molar-refractivity contribution in [2.45, 2.75) is 38.0 Å². The van der Waals surface area contributed by atoms with Gasteiger partial charge in [0.25, 0.3) is 0 Å². The van der Waals surface area contributed by atoms with Crippen molar-refractivity contribution in [2.75, 3.05) is 13.2 Å². The highest BCUT2D eigenvalue weighted by molar-refractivity contribution is 7.80. The van der Waals surface area contributed by atoms with Gasteiger partial charge in [0.15, 0.2) is 0 Å².